The van der Waals surface area contributed by atoms with E-state index >= 15 is 0 Å². The molecule has 0 saturated carbocycles. The van der Waals surface area contributed by atoms with Crippen LogP contribution in [0, 0.1) is 6.92 Å². The smallest absolute Gasteiger partial charge is 0.303 e. The van der Waals surface area contributed by atoms with E-state index in [1.807, 2.05) is 49.4 Å². The maximum absolute atomic E-state index is 11.0. The molecule has 0 radical (unpaired) electrons. The van der Waals surface area contributed by atoms with Crippen LogP contribution < -0.4 is 0 Å². The Hall–Kier alpha value is -3.11. The van der Waals surface area contributed by atoms with Gasteiger partial charge < -0.3 is 15.3 Å². The lowest BCUT2D eigenvalue weighted by Gasteiger charge is -2.15. The van der Waals surface area contributed by atoms with Crippen LogP contribution in [0.2, 0.25) is 0 Å². The van der Waals surface area contributed by atoms with Gasteiger partial charge in [0.15, 0.2) is 0 Å². The maximum Gasteiger partial charge on any atom is 0.303 e. The third-order valence-corrected chi connectivity index (χ3v) is 4.71. The Kier molecular flexibility index (Phi) is 5.57. The van der Waals surface area contributed by atoms with E-state index in [4.69, 9.17) is 5.11 Å². The Labute approximate surface area is 158 Å². The van der Waals surface area contributed by atoms with Gasteiger partial charge in [0.1, 0.15) is 5.75 Å². The van der Waals surface area contributed by atoms with Crippen molar-refractivity contribution in [1.82, 2.24) is 0 Å². The van der Waals surface area contributed by atoms with Crippen LogP contribution in [0.25, 0.3) is 22.3 Å². The number of aryl methyl sites for hydroxylation is 2. The summed E-state index contributed by atoms with van der Waals surface area (Å²) in [5, 5.41) is 28.4. The number of hydrogen-bond donors (Lipinski definition) is 3. The first kappa shape index (κ1) is 18.7. The van der Waals surface area contributed by atoms with Gasteiger partial charge in [-0.1, -0.05) is 48.5 Å². The number of hydrogen-bond acceptors (Lipinski definition) is 3. The zero-order valence-electron chi connectivity index (χ0n) is 15.1. The van der Waals surface area contributed by atoms with E-state index in [1.165, 1.54) is 0 Å². The second-order valence-corrected chi connectivity index (χ2v) is 6.58. The summed E-state index contributed by atoms with van der Waals surface area (Å²) in [5.41, 5.74) is 6.66. The lowest BCUT2D eigenvalue weighted by atomic mass is 9.90. The molecule has 3 aromatic carbocycles. The number of benzene rings is 3. The minimum absolute atomic E-state index is 0.0114. The van der Waals surface area contributed by atoms with Crippen molar-refractivity contribution in [2.75, 3.05) is 0 Å². The van der Waals surface area contributed by atoms with Crippen LogP contribution in [0.5, 0.6) is 5.75 Å². The molecule has 0 aromatic heterocycles. The molecule has 3 rings (SSSR count). The van der Waals surface area contributed by atoms with Crippen LogP contribution in [0.3, 0.4) is 0 Å². The Morgan fingerprint density at radius 2 is 1.63 bits per heavy atom. The van der Waals surface area contributed by atoms with Gasteiger partial charge in [-0.15, -0.1) is 0 Å². The average molecular weight is 362 g/mol. The van der Waals surface area contributed by atoms with E-state index in [1.54, 1.807) is 12.1 Å². The highest BCUT2D eigenvalue weighted by Crippen LogP contribution is 2.33. The predicted molar refractivity (Wildman–Crippen MR) is 106 cm³/mol. The third-order valence-electron chi connectivity index (χ3n) is 4.71. The van der Waals surface area contributed by atoms with Crippen molar-refractivity contribution in [2.45, 2.75) is 26.4 Å². The molecule has 0 aliphatic rings. The van der Waals surface area contributed by atoms with Gasteiger partial charge in [-0.25, -0.2) is 0 Å². The summed E-state index contributed by atoms with van der Waals surface area (Å²) in [6.45, 7) is 1.99. The van der Waals surface area contributed by atoms with Crippen LogP contribution in [-0.2, 0) is 17.8 Å². The molecule has 138 valence electrons. The largest absolute Gasteiger partial charge is 0.508 e. The number of phenolic OH excluding ortho intramolecular Hbond substituents is 1. The standard InChI is InChI=1S/C23H22O4/c1-15-12-16(21-5-3-2-4-18(21)14-24)6-9-20(15)22-10-8-19(25)13-17(22)7-11-23(26)27/h2-6,8-10,12-13,24-25H,7,11,14H2,1H3,(H,26,27). The quantitative estimate of drug-likeness (QED) is 0.601. The fourth-order valence-electron chi connectivity index (χ4n) is 3.36. The molecule has 3 N–H and O–H groups in total. The molecule has 4 nitrogen and oxygen atoms in total. The molecule has 0 fully saturated rings. The molecule has 0 spiro atoms. The number of phenols is 1. The van der Waals surface area contributed by atoms with E-state index in [9.17, 15) is 15.0 Å². The lowest BCUT2D eigenvalue weighted by molar-refractivity contribution is -0.136. The second-order valence-electron chi connectivity index (χ2n) is 6.58. The second kappa shape index (κ2) is 8.06. The van der Waals surface area contributed by atoms with E-state index in [0.29, 0.717) is 6.42 Å². The minimum Gasteiger partial charge on any atom is -0.508 e. The van der Waals surface area contributed by atoms with Crippen molar-refractivity contribution in [3.63, 3.8) is 0 Å². The number of aromatic hydroxyl groups is 1. The highest BCUT2D eigenvalue weighted by molar-refractivity contribution is 5.77. The molecule has 0 amide bonds. The first-order valence-corrected chi connectivity index (χ1v) is 8.83. The summed E-state index contributed by atoms with van der Waals surface area (Å²) < 4.78 is 0. The molecule has 0 unspecified atom stereocenters. The number of rotatable bonds is 6. The topological polar surface area (TPSA) is 77.8 Å². The molecule has 0 atom stereocenters. The van der Waals surface area contributed by atoms with Gasteiger partial charge in [-0.05, 0) is 64.4 Å². The van der Waals surface area contributed by atoms with Crippen LogP contribution in [0.4, 0.5) is 0 Å². The van der Waals surface area contributed by atoms with Crippen molar-refractivity contribution in [3.8, 4) is 28.0 Å². The molecule has 0 heterocycles. The molecule has 0 aliphatic carbocycles. The molecule has 3 aromatic rings. The average Bonchev–Trinajstić information content (AvgIpc) is 2.66. The number of aliphatic hydroxyl groups is 1. The molecule has 0 saturated heterocycles. The van der Waals surface area contributed by atoms with Gasteiger partial charge in [0.25, 0.3) is 0 Å². The minimum atomic E-state index is -0.864. The first-order chi connectivity index (χ1) is 13.0. The Morgan fingerprint density at radius 1 is 0.889 bits per heavy atom. The summed E-state index contributed by atoms with van der Waals surface area (Å²) in [6.07, 6.45) is 0.366. The van der Waals surface area contributed by atoms with E-state index in [2.05, 4.69) is 6.07 Å². The molecule has 4 heteroatoms. The van der Waals surface area contributed by atoms with Crippen molar-refractivity contribution in [2.24, 2.45) is 0 Å². The molecule has 0 aliphatic heterocycles. The Morgan fingerprint density at radius 3 is 2.33 bits per heavy atom. The zero-order valence-corrected chi connectivity index (χ0v) is 15.1. The maximum atomic E-state index is 11.0. The highest BCUT2D eigenvalue weighted by atomic mass is 16.4. The van der Waals surface area contributed by atoms with E-state index < -0.39 is 5.97 Å². The highest BCUT2D eigenvalue weighted by Gasteiger charge is 2.12. The first-order valence-electron chi connectivity index (χ1n) is 8.83. The summed E-state index contributed by atoms with van der Waals surface area (Å²) >= 11 is 0. The van der Waals surface area contributed by atoms with Gasteiger partial charge in [0.05, 0.1) is 6.61 Å². The summed E-state index contributed by atoms with van der Waals surface area (Å²) in [6, 6.07) is 18.9. The van der Waals surface area contributed by atoms with Gasteiger partial charge in [0.2, 0.25) is 0 Å². The third kappa shape index (κ3) is 4.18. The monoisotopic (exact) mass is 362 g/mol. The van der Waals surface area contributed by atoms with Crippen LogP contribution in [0.15, 0.2) is 60.7 Å². The number of aliphatic hydroxyl groups excluding tert-OH is 1. The van der Waals surface area contributed by atoms with Gasteiger partial charge in [0, 0.05) is 6.42 Å². The molecule has 27 heavy (non-hydrogen) atoms. The zero-order chi connectivity index (χ0) is 19.4. The summed E-state index contributed by atoms with van der Waals surface area (Å²) in [7, 11) is 0. The lowest BCUT2D eigenvalue weighted by Crippen LogP contribution is -1.99. The van der Waals surface area contributed by atoms with Crippen LogP contribution in [-0.4, -0.2) is 21.3 Å². The fraction of sp³-hybridized carbons (Fsp3) is 0.174. The van der Waals surface area contributed by atoms with E-state index in [0.717, 1.165) is 38.9 Å². The number of carboxylic acid groups (broad SMARTS) is 1. The van der Waals surface area contributed by atoms with E-state index in [-0.39, 0.29) is 18.8 Å². The van der Waals surface area contributed by atoms with Crippen molar-refractivity contribution >= 4 is 5.97 Å². The van der Waals surface area contributed by atoms with Crippen molar-refractivity contribution in [3.05, 3.63) is 77.4 Å². The van der Waals surface area contributed by atoms with Crippen molar-refractivity contribution < 1.29 is 20.1 Å². The predicted octanol–water partition coefficient (Wildman–Crippen LogP) is 4.54. The van der Waals surface area contributed by atoms with Crippen LogP contribution >= 0.6 is 0 Å². The molecule has 0 bridgehead atoms. The van der Waals surface area contributed by atoms with Gasteiger partial charge in [-0.3, -0.25) is 4.79 Å². The van der Waals surface area contributed by atoms with Gasteiger partial charge >= 0.3 is 5.97 Å². The fourth-order valence-corrected chi connectivity index (χ4v) is 3.36. The number of carboxylic acids is 1. The molecular weight excluding hydrogens is 340 g/mol. The summed E-state index contributed by atoms with van der Waals surface area (Å²) in [4.78, 5) is 11.0. The normalized spacial score (nSPS) is 10.7. The van der Waals surface area contributed by atoms with Crippen molar-refractivity contribution in [1.29, 1.82) is 0 Å². The Balaban J connectivity index is 2.03. The summed E-state index contributed by atoms with van der Waals surface area (Å²) in [5.74, 6) is -0.734. The van der Waals surface area contributed by atoms with Gasteiger partial charge in [-0.2, -0.15) is 0 Å². The Bertz CT molecular complexity index is 976. The SMILES string of the molecule is Cc1cc(-c2ccccc2CO)ccc1-c1ccc(O)cc1CCC(=O)O. The number of carbonyl (C=O) groups is 1. The number of aliphatic carboxylic acids is 1. The van der Waals surface area contributed by atoms with Crippen LogP contribution in [0.1, 0.15) is 23.1 Å². The molecular formula is C23H22O4.